The van der Waals surface area contributed by atoms with Crippen molar-refractivity contribution in [2.45, 2.75) is 24.3 Å². The molecule has 0 atom stereocenters. The van der Waals surface area contributed by atoms with Gasteiger partial charge in [0.05, 0.1) is 0 Å². The summed E-state index contributed by atoms with van der Waals surface area (Å²) in [5.41, 5.74) is 0.510. The maximum Gasteiger partial charge on any atom is 0.330 e. The minimum Gasteiger partial charge on any atom is -0.371 e. The van der Waals surface area contributed by atoms with E-state index in [-0.39, 0.29) is 6.54 Å². The zero-order valence-corrected chi connectivity index (χ0v) is 16.6. The number of aryl methyl sites for hydroxylation is 1. The fourth-order valence-electron chi connectivity index (χ4n) is 3.36. The van der Waals surface area contributed by atoms with Crippen molar-refractivity contribution in [1.29, 1.82) is 0 Å². The van der Waals surface area contributed by atoms with Gasteiger partial charge in [-0.1, -0.05) is 18.2 Å². The fraction of sp³-hybridized carbons (Fsp3) is 0.444. The van der Waals surface area contributed by atoms with Crippen molar-refractivity contribution in [1.82, 2.24) is 13.4 Å². The Hall–Kier alpha value is -2.39. The Labute approximate surface area is 158 Å². The average molecular weight is 392 g/mol. The first-order valence-corrected chi connectivity index (χ1v) is 10.2. The molecule has 1 aromatic heterocycles. The smallest absolute Gasteiger partial charge is 0.330 e. The third kappa shape index (κ3) is 3.57. The molecule has 0 spiro atoms. The maximum absolute atomic E-state index is 13.0. The van der Waals surface area contributed by atoms with E-state index in [1.807, 2.05) is 24.3 Å². The van der Waals surface area contributed by atoms with E-state index in [9.17, 15) is 18.0 Å². The van der Waals surface area contributed by atoms with E-state index >= 15 is 0 Å². The van der Waals surface area contributed by atoms with Crippen LogP contribution in [0.3, 0.4) is 0 Å². The number of hydrogen-bond donors (Lipinski definition) is 0. The highest BCUT2D eigenvalue weighted by Gasteiger charge is 2.27. The van der Waals surface area contributed by atoms with Crippen molar-refractivity contribution < 1.29 is 8.42 Å². The quantitative estimate of drug-likeness (QED) is 0.740. The van der Waals surface area contributed by atoms with Gasteiger partial charge in [-0.15, -0.1) is 0 Å². The van der Waals surface area contributed by atoms with Crippen molar-refractivity contribution in [3.8, 4) is 0 Å². The highest BCUT2D eigenvalue weighted by atomic mass is 32.2. The molecule has 8 nitrogen and oxygen atoms in total. The van der Waals surface area contributed by atoms with Crippen molar-refractivity contribution >= 4 is 15.7 Å². The number of anilines is 1. The van der Waals surface area contributed by atoms with E-state index < -0.39 is 26.2 Å². The van der Waals surface area contributed by atoms with Gasteiger partial charge in [0.15, 0.2) is 4.90 Å². The Bertz CT molecular complexity index is 1070. The Balaban J connectivity index is 1.97. The second-order valence-electron chi connectivity index (χ2n) is 6.83. The van der Waals surface area contributed by atoms with Crippen LogP contribution in [0, 0.1) is 0 Å². The molecule has 1 fully saturated rings. The molecule has 0 amide bonds. The lowest BCUT2D eigenvalue weighted by atomic mass is 10.1. The van der Waals surface area contributed by atoms with Gasteiger partial charge in [0.1, 0.15) is 0 Å². The molecular weight excluding hydrogens is 368 g/mol. The Morgan fingerprint density at radius 1 is 1.07 bits per heavy atom. The van der Waals surface area contributed by atoms with E-state index in [1.54, 1.807) is 0 Å². The normalized spacial score (nSPS) is 14.9. The molecule has 27 heavy (non-hydrogen) atoms. The van der Waals surface area contributed by atoms with Crippen LogP contribution in [0.15, 0.2) is 44.9 Å². The minimum absolute atomic E-state index is 0.140. The summed E-state index contributed by atoms with van der Waals surface area (Å²) >= 11 is 0. The molecule has 0 saturated carbocycles. The van der Waals surface area contributed by atoms with Crippen molar-refractivity contribution in [2.24, 2.45) is 14.1 Å². The summed E-state index contributed by atoms with van der Waals surface area (Å²) in [6.07, 6.45) is 3.33. The standard InChI is InChI=1S/C18H24N4O4S/c1-19-13-16(17(23)21(3)18(19)24)27(25,26)20(2)12-14-8-4-5-9-15(14)22-10-6-7-11-22/h4-5,8-9,13H,6-7,10-12H2,1-3H3. The summed E-state index contributed by atoms with van der Waals surface area (Å²) in [7, 11) is 0.0873. The highest BCUT2D eigenvalue weighted by molar-refractivity contribution is 7.89. The first-order chi connectivity index (χ1) is 12.7. The minimum atomic E-state index is -4.05. The van der Waals surface area contributed by atoms with Crippen LogP contribution in [0.25, 0.3) is 0 Å². The number of hydrogen-bond acceptors (Lipinski definition) is 5. The summed E-state index contributed by atoms with van der Waals surface area (Å²) in [5.74, 6) is 0. The molecule has 3 rings (SSSR count). The van der Waals surface area contributed by atoms with Gasteiger partial charge in [-0.3, -0.25) is 9.36 Å². The molecule has 1 aromatic carbocycles. The van der Waals surface area contributed by atoms with Crippen LogP contribution < -0.4 is 16.1 Å². The lowest BCUT2D eigenvalue weighted by Gasteiger charge is -2.24. The van der Waals surface area contributed by atoms with E-state index in [0.717, 1.165) is 56.8 Å². The number of rotatable bonds is 5. The number of nitrogens with zero attached hydrogens (tertiary/aromatic N) is 4. The lowest BCUT2D eigenvalue weighted by Crippen LogP contribution is -2.41. The SMILES string of the molecule is CN(Cc1ccccc1N1CCCC1)S(=O)(=O)c1cn(C)c(=O)n(C)c1=O. The number of aromatic nitrogens is 2. The molecule has 0 aliphatic carbocycles. The van der Waals surface area contributed by atoms with E-state index in [1.165, 1.54) is 21.1 Å². The van der Waals surface area contributed by atoms with E-state index in [4.69, 9.17) is 0 Å². The second kappa shape index (κ2) is 7.32. The van der Waals surface area contributed by atoms with Gasteiger partial charge in [0, 0.05) is 52.7 Å². The lowest BCUT2D eigenvalue weighted by molar-refractivity contribution is 0.462. The van der Waals surface area contributed by atoms with Crippen molar-refractivity contribution in [2.75, 3.05) is 25.0 Å². The van der Waals surface area contributed by atoms with Gasteiger partial charge in [-0.05, 0) is 24.5 Å². The van der Waals surface area contributed by atoms with Gasteiger partial charge in [-0.25, -0.2) is 13.2 Å². The maximum atomic E-state index is 13.0. The van der Waals surface area contributed by atoms with Gasteiger partial charge < -0.3 is 9.47 Å². The van der Waals surface area contributed by atoms with E-state index in [2.05, 4.69) is 4.90 Å². The molecule has 1 saturated heterocycles. The molecule has 0 unspecified atom stereocenters. The van der Waals surface area contributed by atoms with Crippen LogP contribution in [-0.2, 0) is 30.7 Å². The van der Waals surface area contributed by atoms with Gasteiger partial charge in [0.2, 0.25) is 10.0 Å². The number of para-hydroxylation sites is 1. The molecule has 2 aromatic rings. The Morgan fingerprint density at radius 3 is 2.37 bits per heavy atom. The van der Waals surface area contributed by atoms with Crippen LogP contribution in [-0.4, -0.2) is 42.0 Å². The first-order valence-electron chi connectivity index (χ1n) is 8.79. The predicted octanol–water partition coefficient (Wildman–Crippen LogP) is 0.505. The molecule has 1 aliphatic rings. The molecule has 0 N–H and O–H groups in total. The average Bonchev–Trinajstić information content (AvgIpc) is 3.17. The van der Waals surface area contributed by atoms with Crippen molar-refractivity contribution in [3.63, 3.8) is 0 Å². The van der Waals surface area contributed by atoms with Crippen LogP contribution in [0.1, 0.15) is 18.4 Å². The molecule has 146 valence electrons. The zero-order chi connectivity index (χ0) is 19.8. The number of benzene rings is 1. The third-order valence-corrected chi connectivity index (χ3v) is 6.72. The summed E-state index contributed by atoms with van der Waals surface area (Å²) in [4.78, 5) is 26.0. The fourth-order valence-corrected chi connectivity index (χ4v) is 4.65. The largest absolute Gasteiger partial charge is 0.371 e. The first kappa shape index (κ1) is 19.4. The predicted molar refractivity (Wildman–Crippen MR) is 103 cm³/mol. The number of sulfonamides is 1. The van der Waals surface area contributed by atoms with Crippen LogP contribution >= 0.6 is 0 Å². The Morgan fingerprint density at radius 2 is 1.70 bits per heavy atom. The van der Waals surface area contributed by atoms with E-state index in [0.29, 0.717) is 0 Å². The van der Waals surface area contributed by atoms with Gasteiger partial charge in [0.25, 0.3) is 5.56 Å². The monoisotopic (exact) mass is 392 g/mol. The Kier molecular flexibility index (Phi) is 5.25. The molecule has 0 bridgehead atoms. The second-order valence-corrected chi connectivity index (χ2v) is 8.85. The summed E-state index contributed by atoms with van der Waals surface area (Å²) in [6.45, 7) is 2.05. The van der Waals surface area contributed by atoms with Crippen LogP contribution in [0.5, 0.6) is 0 Å². The van der Waals surface area contributed by atoms with Crippen LogP contribution in [0.2, 0.25) is 0 Å². The van der Waals surface area contributed by atoms with Crippen LogP contribution in [0.4, 0.5) is 5.69 Å². The molecule has 0 radical (unpaired) electrons. The van der Waals surface area contributed by atoms with Gasteiger partial charge >= 0.3 is 5.69 Å². The molecule has 9 heteroatoms. The molecule has 2 heterocycles. The summed E-state index contributed by atoms with van der Waals surface area (Å²) < 4.78 is 29.0. The summed E-state index contributed by atoms with van der Waals surface area (Å²) in [6, 6.07) is 7.71. The zero-order valence-electron chi connectivity index (χ0n) is 15.8. The van der Waals surface area contributed by atoms with Gasteiger partial charge in [-0.2, -0.15) is 4.31 Å². The topological polar surface area (TPSA) is 84.6 Å². The van der Waals surface area contributed by atoms with Crippen molar-refractivity contribution in [3.05, 3.63) is 56.9 Å². The molecule has 1 aliphatic heterocycles. The molecular formula is C18H24N4O4S. The third-order valence-electron chi connectivity index (χ3n) is 4.93. The summed E-state index contributed by atoms with van der Waals surface area (Å²) in [5, 5.41) is 0. The highest BCUT2D eigenvalue weighted by Crippen LogP contribution is 2.26.